The smallest absolute Gasteiger partial charge is 0.295 e. The molecular formula is C24H28N2O4S. The topological polar surface area (TPSA) is 70.1 Å². The molecule has 3 heterocycles. The molecule has 1 aromatic heterocycles. The maximum Gasteiger partial charge on any atom is 0.295 e. The van der Waals surface area contributed by atoms with Gasteiger partial charge in [-0.25, -0.2) is 0 Å². The molecule has 7 heteroatoms. The number of ketones is 1. The van der Waals surface area contributed by atoms with Crippen LogP contribution in [0.3, 0.4) is 0 Å². The molecule has 1 atom stereocenters. The third kappa shape index (κ3) is 4.44. The second-order valence-corrected chi connectivity index (χ2v) is 9.11. The van der Waals surface area contributed by atoms with E-state index < -0.39 is 17.7 Å². The SMILES string of the molecule is Cc1ccc(C)c(C(O)=C2C(=O)C(=O)N(CCCN3CCOCC3)[C@@H]2c2cccs2)c1. The van der Waals surface area contributed by atoms with Crippen LogP contribution >= 0.6 is 11.3 Å². The largest absolute Gasteiger partial charge is 0.507 e. The van der Waals surface area contributed by atoms with Gasteiger partial charge in [0, 0.05) is 36.6 Å². The van der Waals surface area contributed by atoms with Gasteiger partial charge in [-0.15, -0.1) is 11.3 Å². The Hall–Kier alpha value is -2.48. The van der Waals surface area contributed by atoms with Crippen molar-refractivity contribution in [2.24, 2.45) is 0 Å². The minimum absolute atomic E-state index is 0.0892. The molecule has 0 radical (unpaired) electrons. The number of amides is 1. The summed E-state index contributed by atoms with van der Waals surface area (Å²) in [5, 5.41) is 13.1. The maximum atomic E-state index is 13.1. The second kappa shape index (κ2) is 9.34. The molecule has 2 aliphatic heterocycles. The number of rotatable bonds is 6. The van der Waals surface area contributed by atoms with Crippen LogP contribution in [0.15, 0.2) is 41.3 Å². The van der Waals surface area contributed by atoms with Crippen molar-refractivity contribution in [3.05, 3.63) is 62.9 Å². The molecule has 0 aliphatic carbocycles. The molecule has 31 heavy (non-hydrogen) atoms. The van der Waals surface area contributed by atoms with Gasteiger partial charge in [-0.1, -0.05) is 23.8 Å². The fraction of sp³-hybridized carbons (Fsp3) is 0.417. The van der Waals surface area contributed by atoms with Crippen molar-refractivity contribution >= 4 is 28.8 Å². The van der Waals surface area contributed by atoms with Crippen molar-refractivity contribution in [3.63, 3.8) is 0 Å². The summed E-state index contributed by atoms with van der Waals surface area (Å²) in [5.41, 5.74) is 2.64. The Labute approximate surface area is 186 Å². The molecule has 6 nitrogen and oxygen atoms in total. The summed E-state index contributed by atoms with van der Waals surface area (Å²) in [7, 11) is 0. The molecule has 1 amide bonds. The average molecular weight is 441 g/mol. The van der Waals surface area contributed by atoms with E-state index in [4.69, 9.17) is 4.74 Å². The van der Waals surface area contributed by atoms with Gasteiger partial charge in [-0.3, -0.25) is 14.5 Å². The first-order valence-electron chi connectivity index (χ1n) is 10.7. The van der Waals surface area contributed by atoms with E-state index >= 15 is 0 Å². The van der Waals surface area contributed by atoms with E-state index in [0.717, 1.165) is 55.3 Å². The lowest BCUT2D eigenvalue weighted by atomic mass is 9.96. The predicted octanol–water partition coefficient (Wildman–Crippen LogP) is 3.51. The first-order valence-corrected chi connectivity index (χ1v) is 11.5. The summed E-state index contributed by atoms with van der Waals surface area (Å²) in [6, 6.07) is 9.03. The van der Waals surface area contributed by atoms with Crippen LogP contribution in [0.2, 0.25) is 0 Å². The maximum absolute atomic E-state index is 13.1. The van der Waals surface area contributed by atoms with Gasteiger partial charge in [-0.05, 0) is 43.3 Å². The Morgan fingerprint density at radius 3 is 2.65 bits per heavy atom. The lowest BCUT2D eigenvalue weighted by Gasteiger charge is -2.28. The Morgan fingerprint density at radius 1 is 1.16 bits per heavy atom. The number of aryl methyl sites for hydroxylation is 2. The van der Waals surface area contributed by atoms with Crippen LogP contribution in [-0.2, 0) is 14.3 Å². The highest BCUT2D eigenvalue weighted by Gasteiger charge is 2.46. The number of carbonyl (C=O) groups excluding carboxylic acids is 2. The normalized spacial score (nSPS) is 21.7. The van der Waals surface area contributed by atoms with E-state index in [-0.39, 0.29) is 11.3 Å². The number of thiophene rings is 1. The molecule has 2 aliphatic rings. The molecule has 0 spiro atoms. The molecule has 2 saturated heterocycles. The van der Waals surface area contributed by atoms with Crippen LogP contribution in [0.5, 0.6) is 0 Å². The van der Waals surface area contributed by atoms with Gasteiger partial charge in [0.1, 0.15) is 5.76 Å². The van der Waals surface area contributed by atoms with Crippen molar-refractivity contribution in [1.82, 2.24) is 9.80 Å². The van der Waals surface area contributed by atoms with E-state index in [1.807, 2.05) is 49.6 Å². The van der Waals surface area contributed by atoms with Crippen LogP contribution < -0.4 is 0 Å². The van der Waals surface area contributed by atoms with Gasteiger partial charge in [-0.2, -0.15) is 0 Å². The highest BCUT2D eigenvalue weighted by molar-refractivity contribution is 7.10. The number of Topliss-reactive ketones (excluding diaryl/α,β-unsaturated/α-hetero) is 1. The zero-order valence-electron chi connectivity index (χ0n) is 18.0. The fourth-order valence-corrected chi connectivity index (χ4v) is 5.12. The molecule has 0 unspecified atom stereocenters. The molecule has 0 saturated carbocycles. The van der Waals surface area contributed by atoms with E-state index in [0.29, 0.717) is 12.1 Å². The molecule has 4 rings (SSSR count). The Morgan fingerprint density at radius 2 is 1.94 bits per heavy atom. The third-order valence-electron chi connectivity index (χ3n) is 5.98. The lowest BCUT2D eigenvalue weighted by molar-refractivity contribution is -0.140. The van der Waals surface area contributed by atoms with Crippen LogP contribution in [-0.4, -0.2) is 66.0 Å². The minimum atomic E-state index is -0.608. The fourth-order valence-electron chi connectivity index (χ4n) is 4.28. The highest BCUT2D eigenvalue weighted by atomic mass is 32.1. The van der Waals surface area contributed by atoms with Gasteiger partial charge < -0.3 is 14.7 Å². The number of carbonyl (C=O) groups is 2. The quantitative estimate of drug-likeness (QED) is 0.423. The minimum Gasteiger partial charge on any atom is -0.507 e. The van der Waals surface area contributed by atoms with E-state index in [1.54, 1.807) is 4.90 Å². The zero-order valence-corrected chi connectivity index (χ0v) is 18.8. The third-order valence-corrected chi connectivity index (χ3v) is 6.90. The first-order chi connectivity index (χ1) is 15.0. The number of hydrogen-bond acceptors (Lipinski definition) is 6. The molecule has 1 N–H and O–H groups in total. The van der Waals surface area contributed by atoms with E-state index in [2.05, 4.69) is 4.90 Å². The number of ether oxygens (including phenoxy) is 1. The molecular weight excluding hydrogens is 412 g/mol. The molecule has 164 valence electrons. The van der Waals surface area contributed by atoms with Gasteiger partial charge in [0.25, 0.3) is 11.7 Å². The molecule has 0 bridgehead atoms. The monoisotopic (exact) mass is 440 g/mol. The number of nitrogens with zero attached hydrogens (tertiary/aromatic N) is 2. The number of benzene rings is 1. The number of likely N-dealkylation sites (tertiary alicyclic amines) is 1. The van der Waals surface area contributed by atoms with Crippen molar-refractivity contribution in [2.75, 3.05) is 39.4 Å². The summed E-state index contributed by atoms with van der Waals surface area (Å²) in [5.74, 6) is -1.23. The van der Waals surface area contributed by atoms with Crippen LogP contribution in [0.4, 0.5) is 0 Å². The van der Waals surface area contributed by atoms with Crippen molar-refractivity contribution < 1.29 is 19.4 Å². The zero-order chi connectivity index (χ0) is 22.0. The Kier molecular flexibility index (Phi) is 6.55. The van der Waals surface area contributed by atoms with Crippen molar-refractivity contribution in [1.29, 1.82) is 0 Å². The van der Waals surface area contributed by atoms with Gasteiger partial charge in [0.15, 0.2) is 0 Å². The van der Waals surface area contributed by atoms with E-state index in [1.165, 1.54) is 11.3 Å². The summed E-state index contributed by atoms with van der Waals surface area (Å²) in [4.78, 5) is 30.9. The van der Waals surface area contributed by atoms with Crippen LogP contribution in [0.25, 0.3) is 5.76 Å². The molecule has 1 aromatic carbocycles. The Balaban J connectivity index is 1.65. The van der Waals surface area contributed by atoms with Crippen molar-refractivity contribution in [3.8, 4) is 0 Å². The standard InChI is InChI=1S/C24H28N2O4S/c1-16-6-7-17(2)18(15-16)22(27)20-21(19-5-3-14-31-19)26(24(29)23(20)28)9-4-8-25-10-12-30-13-11-25/h3,5-7,14-15,21,27H,4,8-13H2,1-2H3/t21-/m1/s1. The van der Waals surface area contributed by atoms with Gasteiger partial charge in [0.2, 0.25) is 0 Å². The van der Waals surface area contributed by atoms with Gasteiger partial charge >= 0.3 is 0 Å². The highest BCUT2D eigenvalue weighted by Crippen LogP contribution is 2.41. The number of morpholine rings is 1. The summed E-state index contributed by atoms with van der Waals surface area (Å²) in [6.07, 6.45) is 0.762. The van der Waals surface area contributed by atoms with Crippen LogP contribution in [0, 0.1) is 13.8 Å². The summed E-state index contributed by atoms with van der Waals surface area (Å²) < 4.78 is 5.39. The van der Waals surface area contributed by atoms with Gasteiger partial charge in [0.05, 0.1) is 24.8 Å². The first kappa shape index (κ1) is 21.7. The lowest BCUT2D eigenvalue weighted by Crippen LogP contribution is -2.38. The Bertz CT molecular complexity index is 993. The summed E-state index contributed by atoms with van der Waals surface area (Å²) >= 11 is 1.49. The van der Waals surface area contributed by atoms with Crippen molar-refractivity contribution in [2.45, 2.75) is 26.3 Å². The number of hydrogen-bond donors (Lipinski definition) is 1. The molecule has 2 aromatic rings. The number of aliphatic hydroxyl groups excluding tert-OH is 1. The average Bonchev–Trinajstić information content (AvgIpc) is 3.38. The van der Waals surface area contributed by atoms with E-state index in [9.17, 15) is 14.7 Å². The number of aliphatic hydroxyl groups is 1. The second-order valence-electron chi connectivity index (χ2n) is 8.13. The molecule has 2 fully saturated rings. The predicted molar refractivity (Wildman–Crippen MR) is 121 cm³/mol. The van der Waals surface area contributed by atoms with Crippen LogP contribution in [0.1, 0.15) is 34.0 Å². The summed E-state index contributed by atoms with van der Waals surface area (Å²) in [6.45, 7) is 8.39.